The quantitative estimate of drug-likeness (QED) is 0.852. The Bertz CT molecular complexity index is 493. The van der Waals surface area contributed by atoms with Gasteiger partial charge in [-0.15, -0.1) is 0 Å². The summed E-state index contributed by atoms with van der Waals surface area (Å²) < 4.78 is 0. The fraction of sp³-hybridized carbons (Fsp3) is 0.400. The molecule has 0 heterocycles. The smallest absolute Gasteiger partial charge is 0.328 e. The Balaban J connectivity index is 2.33. The Morgan fingerprint density at radius 2 is 2.11 bits per heavy atom. The first-order valence-electron chi connectivity index (χ1n) is 6.52. The standard InChI is InChI=1S/C15H18ClNO2/c1-17(11-5-2-3-6-11)14-8-4-7-13(16)12(14)9-10-15(18)19/h4,7-11H,2-3,5-6H2,1H3,(H,18,19)/b10-9+. The van der Waals surface area contributed by atoms with Gasteiger partial charge < -0.3 is 10.0 Å². The van der Waals surface area contributed by atoms with Gasteiger partial charge in [0.15, 0.2) is 0 Å². The number of hydrogen-bond acceptors (Lipinski definition) is 2. The Hall–Kier alpha value is -1.48. The van der Waals surface area contributed by atoms with E-state index >= 15 is 0 Å². The molecule has 0 atom stereocenters. The largest absolute Gasteiger partial charge is 0.478 e. The molecule has 2 rings (SSSR count). The van der Waals surface area contributed by atoms with Crippen LogP contribution in [0.2, 0.25) is 5.02 Å². The van der Waals surface area contributed by atoms with E-state index in [2.05, 4.69) is 11.9 Å². The molecule has 1 saturated carbocycles. The van der Waals surface area contributed by atoms with Crippen LogP contribution in [0.1, 0.15) is 31.2 Å². The highest BCUT2D eigenvalue weighted by Gasteiger charge is 2.21. The maximum absolute atomic E-state index is 10.7. The first-order chi connectivity index (χ1) is 9.09. The number of carboxylic acid groups (broad SMARTS) is 1. The van der Waals surface area contributed by atoms with Crippen LogP contribution in [0.4, 0.5) is 5.69 Å². The minimum Gasteiger partial charge on any atom is -0.478 e. The number of halogens is 1. The molecule has 1 aromatic rings. The van der Waals surface area contributed by atoms with Gasteiger partial charge in [-0.3, -0.25) is 0 Å². The monoisotopic (exact) mass is 279 g/mol. The van der Waals surface area contributed by atoms with Crippen molar-refractivity contribution in [3.63, 3.8) is 0 Å². The highest BCUT2D eigenvalue weighted by atomic mass is 35.5. The molecule has 1 aliphatic rings. The highest BCUT2D eigenvalue weighted by Crippen LogP contribution is 2.33. The summed E-state index contributed by atoms with van der Waals surface area (Å²) in [6, 6.07) is 6.21. The highest BCUT2D eigenvalue weighted by molar-refractivity contribution is 6.32. The van der Waals surface area contributed by atoms with Gasteiger partial charge in [0.1, 0.15) is 0 Å². The minimum atomic E-state index is -0.964. The second-order valence-corrected chi connectivity index (χ2v) is 5.30. The average molecular weight is 280 g/mol. The van der Waals surface area contributed by atoms with Gasteiger partial charge >= 0.3 is 5.97 Å². The number of carboxylic acids is 1. The molecule has 0 spiro atoms. The zero-order valence-electron chi connectivity index (χ0n) is 11.0. The van der Waals surface area contributed by atoms with Crippen LogP contribution in [0, 0.1) is 0 Å². The molecule has 1 aliphatic carbocycles. The molecule has 1 aromatic carbocycles. The van der Waals surface area contributed by atoms with Crippen LogP contribution in [0.5, 0.6) is 0 Å². The summed E-state index contributed by atoms with van der Waals surface area (Å²) >= 11 is 6.19. The predicted octanol–water partition coefficient (Wildman–Crippen LogP) is 3.82. The number of hydrogen-bond donors (Lipinski definition) is 1. The summed E-state index contributed by atoms with van der Waals surface area (Å²) in [6.07, 6.45) is 7.60. The van der Waals surface area contributed by atoms with E-state index in [1.807, 2.05) is 12.1 Å². The fourth-order valence-corrected chi connectivity index (χ4v) is 2.87. The van der Waals surface area contributed by atoms with E-state index in [4.69, 9.17) is 16.7 Å². The van der Waals surface area contributed by atoms with Crippen molar-refractivity contribution in [2.75, 3.05) is 11.9 Å². The first kappa shape index (κ1) is 13.9. The van der Waals surface area contributed by atoms with Crippen molar-refractivity contribution < 1.29 is 9.90 Å². The Labute approximate surface area is 118 Å². The van der Waals surface area contributed by atoms with E-state index in [9.17, 15) is 4.79 Å². The molecule has 0 aromatic heterocycles. The summed E-state index contributed by atoms with van der Waals surface area (Å²) in [5, 5.41) is 9.35. The SMILES string of the molecule is CN(c1cccc(Cl)c1/C=C/C(=O)O)C1CCCC1. The molecule has 4 heteroatoms. The first-order valence-corrected chi connectivity index (χ1v) is 6.89. The molecular formula is C15H18ClNO2. The molecule has 0 amide bonds. The second kappa shape index (κ2) is 6.11. The zero-order chi connectivity index (χ0) is 13.8. The molecule has 102 valence electrons. The minimum absolute atomic E-state index is 0.524. The van der Waals surface area contributed by atoms with E-state index in [0.717, 1.165) is 17.3 Å². The molecule has 3 nitrogen and oxygen atoms in total. The van der Waals surface area contributed by atoms with Gasteiger partial charge in [-0.2, -0.15) is 0 Å². The molecule has 1 N–H and O–H groups in total. The van der Waals surface area contributed by atoms with Gasteiger partial charge in [-0.25, -0.2) is 4.79 Å². The van der Waals surface area contributed by atoms with Crippen LogP contribution in [0.3, 0.4) is 0 Å². The Morgan fingerprint density at radius 3 is 2.74 bits per heavy atom. The number of carbonyl (C=O) groups is 1. The third-order valence-corrected chi connectivity index (χ3v) is 4.00. The summed E-state index contributed by atoms with van der Waals surface area (Å²) in [6.45, 7) is 0. The van der Waals surface area contributed by atoms with E-state index < -0.39 is 5.97 Å². The molecule has 0 aliphatic heterocycles. The lowest BCUT2D eigenvalue weighted by Crippen LogP contribution is -2.29. The predicted molar refractivity (Wildman–Crippen MR) is 78.8 cm³/mol. The lowest BCUT2D eigenvalue weighted by Gasteiger charge is -2.28. The number of aliphatic carboxylic acids is 1. The lowest BCUT2D eigenvalue weighted by atomic mass is 10.1. The summed E-state index contributed by atoms with van der Waals surface area (Å²) in [4.78, 5) is 12.9. The van der Waals surface area contributed by atoms with Gasteiger partial charge in [0.2, 0.25) is 0 Å². The van der Waals surface area contributed by atoms with Crippen LogP contribution in [-0.4, -0.2) is 24.2 Å². The third-order valence-electron chi connectivity index (χ3n) is 3.67. The number of rotatable bonds is 4. The third kappa shape index (κ3) is 3.29. The zero-order valence-corrected chi connectivity index (χ0v) is 11.7. The number of nitrogens with zero attached hydrogens (tertiary/aromatic N) is 1. The molecule has 0 saturated heterocycles. The summed E-state index contributed by atoms with van der Waals surface area (Å²) in [7, 11) is 2.06. The van der Waals surface area contributed by atoms with Gasteiger partial charge in [-0.1, -0.05) is 30.5 Å². The van der Waals surface area contributed by atoms with Crippen LogP contribution in [-0.2, 0) is 4.79 Å². The molecule has 0 unspecified atom stereocenters. The van der Waals surface area contributed by atoms with E-state index in [-0.39, 0.29) is 0 Å². The Morgan fingerprint density at radius 1 is 1.42 bits per heavy atom. The van der Waals surface area contributed by atoms with Crippen LogP contribution < -0.4 is 4.90 Å². The van der Waals surface area contributed by atoms with E-state index in [0.29, 0.717) is 11.1 Å². The average Bonchev–Trinajstić information content (AvgIpc) is 2.89. The van der Waals surface area contributed by atoms with E-state index in [1.165, 1.54) is 25.7 Å². The summed E-state index contributed by atoms with van der Waals surface area (Å²) in [5.74, 6) is -0.964. The van der Waals surface area contributed by atoms with Crippen LogP contribution in [0.15, 0.2) is 24.3 Å². The second-order valence-electron chi connectivity index (χ2n) is 4.89. The molecule has 1 fully saturated rings. The van der Waals surface area contributed by atoms with Crippen molar-refractivity contribution in [2.45, 2.75) is 31.7 Å². The van der Waals surface area contributed by atoms with Gasteiger partial charge in [0, 0.05) is 35.4 Å². The van der Waals surface area contributed by atoms with Crippen molar-refractivity contribution in [3.05, 3.63) is 34.9 Å². The number of benzene rings is 1. The van der Waals surface area contributed by atoms with Gasteiger partial charge in [0.25, 0.3) is 0 Å². The summed E-state index contributed by atoms with van der Waals surface area (Å²) in [5.41, 5.74) is 1.78. The molecular weight excluding hydrogens is 262 g/mol. The van der Waals surface area contributed by atoms with Gasteiger partial charge in [0.05, 0.1) is 0 Å². The fourth-order valence-electron chi connectivity index (χ4n) is 2.64. The molecule has 0 bridgehead atoms. The lowest BCUT2D eigenvalue weighted by molar-refractivity contribution is -0.131. The van der Waals surface area contributed by atoms with Crippen LogP contribution in [0.25, 0.3) is 6.08 Å². The topological polar surface area (TPSA) is 40.5 Å². The van der Waals surface area contributed by atoms with Crippen molar-refractivity contribution in [1.29, 1.82) is 0 Å². The normalized spacial score (nSPS) is 16.1. The van der Waals surface area contributed by atoms with Gasteiger partial charge in [-0.05, 0) is 31.1 Å². The molecule has 0 radical (unpaired) electrons. The van der Waals surface area contributed by atoms with Crippen molar-refractivity contribution in [2.24, 2.45) is 0 Å². The van der Waals surface area contributed by atoms with Crippen molar-refractivity contribution in [3.8, 4) is 0 Å². The van der Waals surface area contributed by atoms with Crippen molar-refractivity contribution in [1.82, 2.24) is 0 Å². The maximum Gasteiger partial charge on any atom is 0.328 e. The Kier molecular flexibility index (Phi) is 4.48. The van der Waals surface area contributed by atoms with Crippen molar-refractivity contribution >= 4 is 29.3 Å². The van der Waals surface area contributed by atoms with E-state index in [1.54, 1.807) is 12.1 Å². The maximum atomic E-state index is 10.7. The number of anilines is 1. The van der Waals surface area contributed by atoms with Crippen LogP contribution >= 0.6 is 11.6 Å². The molecule has 19 heavy (non-hydrogen) atoms.